The van der Waals surface area contributed by atoms with Gasteiger partial charge in [0.2, 0.25) is 10.0 Å². The molecule has 0 radical (unpaired) electrons. The van der Waals surface area contributed by atoms with Crippen molar-refractivity contribution in [1.82, 2.24) is 9.62 Å². The number of likely N-dealkylation sites (tertiary alicyclic amines) is 1. The number of nitrogens with zero attached hydrogens (tertiary/aromatic N) is 1. The zero-order valence-electron chi connectivity index (χ0n) is 14.8. The number of thioether (sulfide) groups is 1. The van der Waals surface area contributed by atoms with Crippen LogP contribution in [0.15, 0.2) is 53.3 Å². The van der Waals surface area contributed by atoms with Crippen LogP contribution in [0.5, 0.6) is 0 Å². The summed E-state index contributed by atoms with van der Waals surface area (Å²) in [5.41, 5.74) is 0. The van der Waals surface area contributed by atoms with Gasteiger partial charge >= 0.3 is 0 Å². The lowest BCUT2D eigenvalue weighted by Crippen LogP contribution is -2.48. The third-order valence-corrected chi connectivity index (χ3v) is 7.28. The van der Waals surface area contributed by atoms with E-state index in [1.165, 1.54) is 0 Å². The Morgan fingerprint density at radius 2 is 1.93 bits per heavy atom. The summed E-state index contributed by atoms with van der Waals surface area (Å²) in [6.45, 7) is 4.60. The first kappa shape index (κ1) is 20.6. The number of sulfonamides is 1. The number of piperidine rings is 1. The van der Waals surface area contributed by atoms with Crippen molar-refractivity contribution in [2.75, 3.05) is 18.8 Å². The van der Waals surface area contributed by atoms with Crippen molar-refractivity contribution < 1.29 is 13.5 Å². The molecule has 146 valence electrons. The monoisotopic (exact) mass is 426 g/mol. The van der Waals surface area contributed by atoms with E-state index in [0.29, 0.717) is 31.7 Å². The highest BCUT2D eigenvalue weighted by Crippen LogP contribution is 2.33. The van der Waals surface area contributed by atoms with Crippen LogP contribution >= 0.6 is 23.4 Å². The predicted molar refractivity (Wildman–Crippen MR) is 113 cm³/mol. The number of hydrogen-bond donors (Lipinski definition) is 2. The number of hydrogen-bond acceptors (Lipinski definition) is 5. The van der Waals surface area contributed by atoms with Crippen LogP contribution < -0.4 is 4.72 Å². The van der Waals surface area contributed by atoms with E-state index in [0.717, 1.165) is 26.1 Å². The maximum atomic E-state index is 11.6. The molecule has 1 atom stereocenters. The second kappa shape index (κ2) is 8.94. The minimum absolute atomic E-state index is 0.107. The molecule has 1 aliphatic rings. The summed E-state index contributed by atoms with van der Waals surface area (Å²) in [6.07, 6.45) is 0.749. The summed E-state index contributed by atoms with van der Waals surface area (Å²) < 4.78 is 25.8. The van der Waals surface area contributed by atoms with Crippen molar-refractivity contribution in [3.05, 3.63) is 53.4 Å². The lowest BCUT2D eigenvalue weighted by molar-refractivity contribution is 0.00616. The number of nitrogens with one attached hydrogen (secondary N) is 1. The molecule has 1 fully saturated rings. The Bertz CT molecular complexity index is 912. The Balaban J connectivity index is 1.56. The number of aliphatic hydroxyl groups excluding tert-OH is 1. The molecule has 8 heteroatoms. The van der Waals surface area contributed by atoms with Crippen LogP contribution in [0.25, 0.3) is 10.8 Å². The Morgan fingerprint density at radius 1 is 1.26 bits per heavy atom. The Kier molecular flexibility index (Phi) is 6.83. The largest absolute Gasteiger partial charge is 0.377 e. The fourth-order valence-corrected chi connectivity index (χ4v) is 5.29. The van der Waals surface area contributed by atoms with Crippen LogP contribution in [0, 0.1) is 0 Å². The third-order valence-electron chi connectivity index (χ3n) is 4.72. The molecule has 1 aliphatic heterocycles. The summed E-state index contributed by atoms with van der Waals surface area (Å²) in [5, 5.41) is 14.3. The fourth-order valence-electron chi connectivity index (χ4n) is 3.23. The van der Waals surface area contributed by atoms with Gasteiger partial charge in [0.15, 0.2) is 0 Å². The van der Waals surface area contributed by atoms with E-state index in [2.05, 4.69) is 11.3 Å². The van der Waals surface area contributed by atoms with Crippen molar-refractivity contribution in [3.63, 3.8) is 0 Å². The minimum atomic E-state index is -3.41. The number of rotatable bonds is 7. The normalized spacial score (nSPS) is 17.9. The van der Waals surface area contributed by atoms with Crippen molar-refractivity contribution in [2.45, 2.75) is 30.0 Å². The molecule has 2 N–H and O–H groups in total. The minimum Gasteiger partial charge on any atom is -0.377 e. The van der Waals surface area contributed by atoms with Crippen molar-refractivity contribution >= 4 is 44.2 Å². The SMILES string of the molecule is C=CS(=O)(=O)NC1CCN(C(O)CSc2ccc(Cl)c3ccccc23)CC1. The van der Waals surface area contributed by atoms with Crippen molar-refractivity contribution in [3.8, 4) is 0 Å². The first-order valence-electron chi connectivity index (χ1n) is 8.76. The lowest BCUT2D eigenvalue weighted by Gasteiger charge is -2.35. The third kappa shape index (κ3) is 5.25. The van der Waals surface area contributed by atoms with Gasteiger partial charge in [-0.05, 0) is 30.4 Å². The van der Waals surface area contributed by atoms with Gasteiger partial charge in [-0.25, -0.2) is 13.1 Å². The van der Waals surface area contributed by atoms with E-state index in [-0.39, 0.29) is 6.04 Å². The molecule has 5 nitrogen and oxygen atoms in total. The number of halogens is 1. The maximum absolute atomic E-state index is 11.6. The molecule has 2 aromatic rings. The van der Waals surface area contributed by atoms with Crippen LogP contribution in [-0.2, 0) is 10.0 Å². The van der Waals surface area contributed by atoms with Gasteiger partial charge in [0.1, 0.15) is 6.23 Å². The van der Waals surface area contributed by atoms with Gasteiger partial charge in [-0.2, -0.15) is 0 Å². The van der Waals surface area contributed by atoms with E-state index in [9.17, 15) is 13.5 Å². The molecule has 0 aromatic heterocycles. The molecule has 0 bridgehead atoms. The number of aliphatic hydroxyl groups is 1. The topological polar surface area (TPSA) is 69.6 Å². The first-order chi connectivity index (χ1) is 12.9. The second-order valence-corrected chi connectivity index (χ2v) is 9.65. The van der Waals surface area contributed by atoms with E-state index in [1.54, 1.807) is 11.8 Å². The summed E-state index contributed by atoms with van der Waals surface area (Å²) in [7, 11) is -3.41. The molecule has 0 aliphatic carbocycles. The van der Waals surface area contributed by atoms with Gasteiger partial charge in [-0.1, -0.05) is 42.4 Å². The zero-order valence-corrected chi connectivity index (χ0v) is 17.2. The molecule has 1 unspecified atom stereocenters. The summed E-state index contributed by atoms with van der Waals surface area (Å²) in [4.78, 5) is 3.08. The first-order valence-corrected chi connectivity index (χ1v) is 11.7. The number of benzene rings is 2. The quantitative estimate of drug-likeness (QED) is 0.664. The van der Waals surface area contributed by atoms with Gasteiger partial charge in [-0.3, -0.25) is 4.90 Å². The van der Waals surface area contributed by atoms with E-state index in [1.807, 2.05) is 41.3 Å². The average molecular weight is 427 g/mol. The van der Waals surface area contributed by atoms with Gasteiger partial charge < -0.3 is 5.11 Å². The fraction of sp³-hybridized carbons (Fsp3) is 0.368. The van der Waals surface area contributed by atoms with Crippen LogP contribution in [0.2, 0.25) is 5.02 Å². The molecule has 3 rings (SSSR count). The lowest BCUT2D eigenvalue weighted by atomic mass is 10.1. The molecule has 0 amide bonds. The molecule has 0 saturated carbocycles. The number of fused-ring (bicyclic) bond motifs is 1. The van der Waals surface area contributed by atoms with Crippen LogP contribution in [0.4, 0.5) is 0 Å². The second-order valence-electron chi connectivity index (χ2n) is 6.52. The molecular formula is C19H23ClN2O3S2. The molecule has 0 spiro atoms. The van der Waals surface area contributed by atoms with Crippen LogP contribution in [-0.4, -0.2) is 49.5 Å². The highest BCUT2D eigenvalue weighted by molar-refractivity contribution is 7.99. The van der Waals surface area contributed by atoms with Crippen LogP contribution in [0.3, 0.4) is 0 Å². The molecule has 1 heterocycles. The van der Waals surface area contributed by atoms with E-state index < -0.39 is 16.3 Å². The van der Waals surface area contributed by atoms with Gasteiger partial charge in [0.05, 0.1) is 0 Å². The summed E-state index contributed by atoms with van der Waals surface area (Å²) >= 11 is 7.86. The molecular weight excluding hydrogens is 404 g/mol. The van der Waals surface area contributed by atoms with Crippen molar-refractivity contribution in [1.29, 1.82) is 0 Å². The standard InChI is InChI=1S/C19H23ClN2O3S2/c1-2-27(24,25)21-14-9-11-22(12-10-14)19(23)13-26-18-8-7-17(20)15-5-3-4-6-16(15)18/h2-8,14,19,21,23H,1,9-13H2. The Morgan fingerprint density at radius 3 is 2.59 bits per heavy atom. The highest BCUT2D eigenvalue weighted by Gasteiger charge is 2.25. The van der Waals surface area contributed by atoms with Gasteiger partial charge in [0.25, 0.3) is 0 Å². The predicted octanol–water partition coefficient (Wildman–Crippen LogP) is 3.43. The Labute approximate surface area is 169 Å². The van der Waals surface area contributed by atoms with Crippen LogP contribution in [0.1, 0.15) is 12.8 Å². The smallest absolute Gasteiger partial charge is 0.233 e. The van der Waals surface area contributed by atoms with Gasteiger partial charge in [0, 0.05) is 45.6 Å². The molecule has 2 aromatic carbocycles. The summed E-state index contributed by atoms with van der Waals surface area (Å²) in [5.74, 6) is 0.536. The van der Waals surface area contributed by atoms with E-state index >= 15 is 0 Å². The average Bonchev–Trinajstić information content (AvgIpc) is 2.68. The Hall–Kier alpha value is -1.09. The van der Waals surface area contributed by atoms with Gasteiger partial charge in [-0.15, -0.1) is 11.8 Å². The highest BCUT2D eigenvalue weighted by atomic mass is 35.5. The summed E-state index contributed by atoms with van der Waals surface area (Å²) in [6, 6.07) is 11.7. The molecule has 1 saturated heterocycles. The van der Waals surface area contributed by atoms with E-state index in [4.69, 9.17) is 11.6 Å². The maximum Gasteiger partial charge on any atom is 0.233 e. The van der Waals surface area contributed by atoms with Crippen molar-refractivity contribution in [2.24, 2.45) is 0 Å². The molecule has 27 heavy (non-hydrogen) atoms. The zero-order chi connectivity index (χ0) is 19.4.